The second-order valence-electron chi connectivity index (χ2n) is 7.77. The van der Waals surface area contributed by atoms with Gasteiger partial charge in [0, 0.05) is 44.8 Å². The molecule has 3 amide bonds. The van der Waals surface area contributed by atoms with Crippen LogP contribution in [0, 0.1) is 0 Å². The highest BCUT2D eigenvalue weighted by atomic mass is 16.5. The molecule has 29 heavy (non-hydrogen) atoms. The van der Waals surface area contributed by atoms with Crippen LogP contribution in [-0.2, 0) is 9.59 Å². The summed E-state index contributed by atoms with van der Waals surface area (Å²) in [4.78, 5) is 45.5. The summed E-state index contributed by atoms with van der Waals surface area (Å²) >= 11 is 0. The molecule has 2 saturated heterocycles. The van der Waals surface area contributed by atoms with Gasteiger partial charge in [-0.25, -0.2) is 0 Å². The Balaban J connectivity index is 1.51. The van der Waals surface area contributed by atoms with Crippen molar-refractivity contribution in [2.75, 3.05) is 63.9 Å². The third kappa shape index (κ3) is 4.07. The minimum Gasteiger partial charge on any atom is -0.482 e. The standard InChI is InChI=1S/C21H28N4O4/c1-2-22-9-11-23(12-10-22)19(26)14-25-17-13-16(21(28)24-7-3-4-8-24)5-6-18(17)29-15-20(25)27/h5-6,13H,2-4,7-12,14-15H2,1H3. The number of piperazine rings is 1. The average Bonchev–Trinajstić information content (AvgIpc) is 3.30. The number of likely N-dealkylation sites (N-methyl/N-ethyl adjacent to an activating group) is 1. The number of hydrogen-bond acceptors (Lipinski definition) is 5. The van der Waals surface area contributed by atoms with Crippen LogP contribution in [0.15, 0.2) is 18.2 Å². The Hall–Kier alpha value is -2.61. The van der Waals surface area contributed by atoms with Crippen molar-refractivity contribution >= 4 is 23.4 Å². The lowest BCUT2D eigenvalue weighted by atomic mass is 10.1. The first-order valence-electron chi connectivity index (χ1n) is 10.4. The van der Waals surface area contributed by atoms with Crippen LogP contribution in [0.2, 0.25) is 0 Å². The first kappa shape index (κ1) is 19.7. The highest BCUT2D eigenvalue weighted by Crippen LogP contribution is 2.33. The number of carbonyl (C=O) groups is 3. The van der Waals surface area contributed by atoms with Gasteiger partial charge in [-0.1, -0.05) is 6.92 Å². The first-order chi connectivity index (χ1) is 14.1. The van der Waals surface area contributed by atoms with E-state index in [1.165, 1.54) is 4.90 Å². The summed E-state index contributed by atoms with van der Waals surface area (Å²) in [5, 5.41) is 0. The lowest BCUT2D eigenvalue weighted by Gasteiger charge is -2.36. The van der Waals surface area contributed by atoms with Gasteiger partial charge in [-0.15, -0.1) is 0 Å². The summed E-state index contributed by atoms with van der Waals surface area (Å²) < 4.78 is 5.53. The molecular formula is C21H28N4O4. The molecule has 3 aliphatic heterocycles. The fourth-order valence-corrected chi connectivity index (χ4v) is 4.16. The fourth-order valence-electron chi connectivity index (χ4n) is 4.16. The number of likely N-dealkylation sites (tertiary alicyclic amines) is 1. The number of nitrogens with zero attached hydrogens (tertiary/aromatic N) is 4. The molecular weight excluding hydrogens is 372 g/mol. The third-order valence-electron chi connectivity index (χ3n) is 6.01. The van der Waals surface area contributed by atoms with E-state index in [-0.39, 0.29) is 30.9 Å². The van der Waals surface area contributed by atoms with Crippen LogP contribution in [0.1, 0.15) is 30.1 Å². The number of hydrogen-bond donors (Lipinski definition) is 0. The zero-order chi connectivity index (χ0) is 20.4. The van der Waals surface area contributed by atoms with Gasteiger partial charge < -0.3 is 19.4 Å². The second-order valence-corrected chi connectivity index (χ2v) is 7.77. The lowest BCUT2D eigenvalue weighted by molar-refractivity contribution is -0.133. The maximum absolute atomic E-state index is 12.8. The quantitative estimate of drug-likeness (QED) is 0.748. The molecule has 156 valence electrons. The average molecular weight is 400 g/mol. The molecule has 1 aromatic carbocycles. The number of fused-ring (bicyclic) bond motifs is 1. The highest BCUT2D eigenvalue weighted by Gasteiger charge is 2.31. The minimum atomic E-state index is -0.260. The van der Waals surface area contributed by atoms with Crippen LogP contribution in [-0.4, -0.2) is 91.4 Å². The van der Waals surface area contributed by atoms with Crippen LogP contribution < -0.4 is 9.64 Å². The number of ether oxygens (including phenoxy) is 1. The molecule has 4 rings (SSSR count). The fraction of sp³-hybridized carbons (Fsp3) is 0.571. The van der Waals surface area contributed by atoms with E-state index in [1.54, 1.807) is 18.2 Å². The SMILES string of the molecule is CCN1CCN(C(=O)CN2C(=O)COc3ccc(C(=O)N4CCCC4)cc32)CC1. The Bertz CT molecular complexity index is 798. The molecule has 1 aromatic rings. The van der Waals surface area contributed by atoms with Crippen molar-refractivity contribution < 1.29 is 19.1 Å². The summed E-state index contributed by atoms with van der Waals surface area (Å²) in [6.07, 6.45) is 2.04. The molecule has 0 atom stereocenters. The number of carbonyl (C=O) groups excluding carboxylic acids is 3. The van der Waals surface area contributed by atoms with Gasteiger partial charge in [-0.2, -0.15) is 0 Å². The van der Waals surface area contributed by atoms with Crippen molar-refractivity contribution in [3.8, 4) is 5.75 Å². The minimum absolute atomic E-state index is 0.0251. The van der Waals surface area contributed by atoms with E-state index in [1.807, 2.05) is 9.80 Å². The molecule has 0 saturated carbocycles. The van der Waals surface area contributed by atoms with E-state index >= 15 is 0 Å². The Kier molecular flexibility index (Phi) is 5.71. The molecule has 3 heterocycles. The molecule has 0 aromatic heterocycles. The normalized spacial score (nSPS) is 19.9. The predicted molar refractivity (Wildman–Crippen MR) is 108 cm³/mol. The molecule has 0 spiro atoms. The molecule has 0 bridgehead atoms. The van der Waals surface area contributed by atoms with E-state index < -0.39 is 0 Å². The predicted octanol–water partition coefficient (Wildman–Crippen LogP) is 0.812. The van der Waals surface area contributed by atoms with E-state index in [2.05, 4.69) is 11.8 Å². The van der Waals surface area contributed by atoms with Gasteiger partial charge in [0.05, 0.1) is 5.69 Å². The Morgan fingerprint density at radius 2 is 1.72 bits per heavy atom. The van der Waals surface area contributed by atoms with E-state index in [0.717, 1.165) is 45.6 Å². The molecule has 0 unspecified atom stereocenters. The number of anilines is 1. The van der Waals surface area contributed by atoms with E-state index in [0.29, 0.717) is 30.1 Å². The first-order valence-corrected chi connectivity index (χ1v) is 10.4. The Labute approximate surface area is 171 Å². The van der Waals surface area contributed by atoms with Gasteiger partial charge in [0.25, 0.3) is 11.8 Å². The lowest BCUT2D eigenvalue weighted by Crippen LogP contribution is -2.52. The Morgan fingerprint density at radius 3 is 2.41 bits per heavy atom. The van der Waals surface area contributed by atoms with Gasteiger partial charge in [-0.05, 0) is 37.6 Å². The summed E-state index contributed by atoms with van der Waals surface area (Å²) in [6, 6.07) is 5.15. The zero-order valence-electron chi connectivity index (χ0n) is 16.9. The third-order valence-corrected chi connectivity index (χ3v) is 6.01. The van der Waals surface area contributed by atoms with Crippen molar-refractivity contribution in [3.05, 3.63) is 23.8 Å². The second kappa shape index (κ2) is 8.41. The monoisotopic (exact) mass is 400 g/mol. The molecule has 0 aliphatic carbocycles. The van der Waals surface area contributed by atoms with Crippen molar-refractivity contribution in [1.82, 2.24) is 14.7 Å². The summed E-state index contributed by atoms with van der Waals surface area (Å²) in [7, 11) is 0. The van der Waals surface area contributed by atoms with Crippen LogP contribution in [0.4, 0.5) is 5.69 Å². The summed E-state index contributed by atoms with van der Waals surface area (Å²) in [6.45, 7) is 7.54. The molecule has 2 fully saturated rings. The number of rotatable bonds is 4. The molecule has 8 heteroatoms. The Morgan fingerprint density at radius 1 is 1.00 bits per heavy atom. The highest BCUT2D eigenvalue weighted by molar-refractivity contribution is 6.04. The van der Waals surface area contributed by atoms with Gasteiger partial charge in [-0.3, -0.25) is 19.3 Å². The van der Waals surface area contributed by atoms with Gasteiger partial charge in [0.15, 0.2) is 6.61 Å². The van der Waals surface area contributed by atoms with Crippen molar-refractivity contribution in [2.45, 2.75) is 19.8 Å². The van der Waals surface area contributed by atoms with E-state index in [9.17, 15) is 14.4 Å². The van der Waals surface area contributed by atoms with Crippen LogP contribution >= 0.6 is 0 Å². The molecule has 3 aliphatic rings. The van der Waals surface area contributed by atoms with Crippen LogP contribution in [0.25, 0.3) is 0 Å². The molecule has 8 nitrogen and oxygen atoms in total. The van der Waals surface area contributed by atoms with Crippen molar-refractivity contribution in [1.29, 1.82) is 0 Å². The van der Waals surface area contributed by atoms with Crippen molar-refractivity contribution in [3.63, 3.8) is 0 Å². The largest absolute Gasteiger partial charge is 0.482 e. The smallest absolute Gasteiger partial charge is 0.265 e. The zero-order valence-corrected chi connectivity index (χ0v) is 16.9. The van der Waals surface area contributed by atoms with Gasteiger partial charge in [0.2, 0.25) is 5.91 Å². The summed E-state index contributed by atoms with van der Waals surface area (Å²) in [5.74, 6) is 0.165. The summed E-state index contributed by atoms with van der Waals surface area (Å²) in [5.41, 5.74) is 1.03. The maximum Gasteiger partial charge on any atom is 0.265 e. The van der Waals surface area contributed by atoms with E-state index in [4.69, 9.17) is 4.74 Å². The number of amides is 3. The van der Waals surface area contributed by atoms with Crippen LogP contribution in [0.3, 0.4) is 0 Å². The van der Waals surface area contributed by atoms with Crippen LogP contribution in [0.5, 0.6) is 5.75 Å². The van der Waals surface area contributed by atoms with Gasteiger partial charge >= 0.3 is 0 Å². The maximum atomic E-state index is 12.8. The molecule has 0 radical (unpaired) electrons. The number of benzene rings is 1. The van der Waals surface area contributed by atoms with Gasteiger partial charge in [0.1, 0.15) is 12.3 Å². The van der Waals surface area contributed by atoms with Crippen molar-refractivity contribution in [2.24, 2.45) is 0 Å². The molecule has 0 N–H and O–H groups in total. The topological polar surface area (TPSA) is 73.4 Å².